The number of nitrogens with one attached hydrogen (secondary N) is 1. The van der Waals surface area contributed by atoms with Crippen molar-refractivity contribution in [2.45, 2.75) is 38.2 Å². The third kappa shape index (κ3) is 2.37. The summed E-state index contributed by atoms with van der Waals surface area (Å²) in [6, 6.07) is 0. The van der Waals surface area contributed by atoms with Gasteiger partial charge in [-0.3, -0.25) is 0 Å². The SMILES string of the molecule is COP1(=S)NCC(C2CCCCC2)O1. The quantitative estimate of drug-likeness (QED) is 0.745. The van der Waals surface area contributed by atoms with Gasteiger partial charge in [-0.15, -0.1) is 0 Å². The van der Waals surface area contributed by atoms with Crippen LogP contribution in [0.2, 0.25) is 0 Å². The van der Waals surface area contributed by atoms with E-state index in [9.17, 15) is 0 Å². The minimum atomic E-state index is -2.09. The maximum atomic E-state index is 5.83. The van der Waals surface area contributed by atoms with Crippen LogP contribution in [0.15, 0.2) is 0 Å². The lowest BCUT2D eigenvalue weighted by Gasteiger charge is -2.26. The molecule has 2 rings (SSSR count). The van der Waals surface area contributed by atoms with Crippen LogP contribution in [0.4, 0.5) is 0 Å². The first-order valence-electron chi connectivity index (χ1n) is 5.33. The second kappa shape index (κ2) is 4.58. The summed E-state index contributed by atoms with van der Waals surface area (Å²) in [5.74, 6) is 0.705. The zero-order chi connectivity index (χ0) is 10.0. The molecule has 1 saturated heterocycles. The number of hydrogen-bond donors (Lipinski definition) is 1. The lowest BCUT2D eigenvalue weighted by molar-refractivity contribution is 0.133. The fourth-order valence-corrected chi connectivity index (χ4v) is 4.17. The Labute approximate surface area is 90.8 Å². The van der Waals surface area contributed by atoms with Gasteiger partial charge in [0.2, 0.25) is 0 Å². The molecule has 0 amide bonds. The van der Waals surface area contributed by atoms with E-state index in [-0.39, 0.29) is 0 Å². The molecule has 1 saturated carbocycles. The largest absolute Gasteiger partial charge is 0.321 e. The minimum Gasteiger partial charge on any atom is -0.321 e. The molecule has 2 atom stereocenters. The van der Waals surface area contributed by atoms with Gasteiger partial charge >= 0.3 is 0 Å². The summed E-state index contributed by atoms with van der Waals surface area (Å²) in [6.07, 6.45) is 6.98. The first-order valence-corrected chi connectivity index (χ1v) is 7.97. The summed E-state index contributed by atoms with van der Waals surface area (Å²) in [7, 11) is 1.64. The highest BCUT2D eigenvalue weighted by molar-refractivity contribution is 8.09. The Bertz CT molecular complexity index is 243. The van der Waals surface area contributed by atoms with E-state index in [1.807, 2.05) is 0 Å². The Morgan fingerprint density at radius 3 is 2.64 bits per heavy atom. The van der Waals surface area contributed by atoms with Gasteiger partial charge in [-0.1, -0.05) is 19.3 Å². The van der Waals surface area contributed by atoms with Crippen LogP contribution in [0.5, 0.6) is 0 Å². The van der Waals surface area contributed by atoms with Crippen molar-refractivity contribution in [1.29, 1.82) is 0 Å². The van der Waals surface area contributed by atoms with Crippen molar-refractivity contribution < 1.29 is 9.05 Å². The summed E-state index contributed by atoms with van der Waals surface area (Å²) in [6.45, 7) is -1.21. The molecule has 0 aromatic rings. The van der Waals surface area contributed by atoms with E-state index in [0.29, 0.717) is 12.0 Å². The molecule has 0 bridgehead atoms. The summed E-state index contributed by atoms with van der Waals surface area (Å²) >= 11 is 5.27. The molecule has 2 fully saturated rings. The molecule has 2 aliphatic rings. The van der Waals surface area contributed by atoms with Crippen LogP contribution < -0.4 is 5.09 Å². The molecular weight excluding hydrogens is 217 g/mol. The van der Waals surface area contributed by atoms with Crippen LogP contribution in [0.1, 0.15) is 32.1 Å². The molecule has 82 valence electrons. The fourth-order valence-electron chi connectivity index (χ4n) is 2.32. The van der Waals surface area contributed by atoms with Gasteiger partial charge in [0, 0.05) is 13.7 Å². The van der Waals surface area contributed by atoms with E-state index < -0.39 is 6.64 Å². The van der Waals surface area contributed by atoms with Gasteiger partial charge in [-0.2, -0.15) is 0 Å². The van der Waals surface area contributed by atoms with Gasteiger partial charge in [0.15, 0.2) is 0 Å². The maximum Gasteiger partial charge on any atom is 0.261 e. The monoisotopic (exact) mass is 235 g/mol. The first kappa shape index (κ1) is 11.0. The Balaban J connectivity index is 1.91. The predicted octanol–water partition coefficient (Wildman–Crippen LogP) is 2.43. The highest BCUT2D eigenvalue weighted by atomic mass is 32.5. The molecule has 0 spiro atoms. The van der Waals surface area contributed by atoms with E-state index in [4.69, 9.17) is 20.9 Å². The fraction of sp³-hybridized carbons (Fsp3) is 1.00. The molecule has 1 aliphatic heterocycles. The highest BCUT2D eigenvalue weighted by Crippen LogP contribution is 2.50. The smallest absolute Gasteiger partial charge is 0.261 e. The summed E-state index contributed by atoms with van der Waals surface area (Å²) < 4.78 is 11.0. The second-order valence-electron chi connectivity index (χ2n) is 4.08. The molecule has 0 aromatic carbocycles. The van der Waals surface area contributed by atoms with Gasteiger partial charge in [0.25, 0.3) is 6.64 Å². The normalized spacial score (nSPS) is 40.2. The van der Waals surface area contributed by atoms with Gasteiger partial charge in [-0.05, 0) is 30.6 Å². The molecule has 0 radical (unpaired) electrons. The summed E-state index contributed by atoms with van der Waals surface area (Å²) in [5.41, 5.74) is 0. The van der Waals surface area contributed by atoms with Crippen molar-refractivity contribution in [3.8, 4) is 0 Å². The molecule has 2 unspecified atom stereocenters. The van der Waals surface area contributed by atoms with Crippen LogP contribution >= 0.6 is 6.64 Å². The Morgan fingerprint density at radius 2 is 2.07 bits per heavy atom. The maximum absolute atomic E-state index is 5.83. The van der Waals surface area contributed by atoms with Crippen LogP contribution in [0, 0.1) is 5.92 Å². The zero-order valence-electron chi connectivity index (χ0n) is 8.57. The topological polar surface area (TPSA) is 30.5 Å². The van der Waals surface area contributed by atoms with Crippen LogP contribution in [-0.4, -0.2) is 19.8 Å². The molecule has 1 aliphatic carbocycles. The molecule has 3 nitrogen and oxygen atoms in total. The standard InChI is InChI=1S/C9H18NO2PS/c1-11-13(14)10-7-9(12-13)8-5-3-2-4-6-8/h8-9H,2-7H2,1H3,(H,10,14). The first-order chi connectivity index (χ1) is 6.73. The van der Waals surface area contributed by atoms with Crippen molar-refractivity contribution in [2.24, 2.45) is 5.92 Å². The molecule has 5 heteroatoms. The van der Waals surface area contributed by atoms with E-state index in [2.05, 4.69) is 5.09 Å². The van der Waals surface area contributed by atoms with Crippen molar-refractivity contribution in [2.75, 3.05) is 13.7 Å². The van der Waals surface area contributed by atoms with Gasteiger partial charge < -0.3 is 9.05 Å². The van der Waals surface area contributed by atoms with E-state index >= 15 is 0 Å². The van der Waals surface area contributed by atoms with Crippen LogP contribution in [-0.2, 0) is 20.9 Å². The number of hydrogen-bond acceptors (Lipinski definition) is 3. The Kier molecular flexibility index (Phi) is 3.61. The average Bonchev–Trinajstić information content (AvgIpc) is 2.63. The lowest BCUT2D eigenvalue weighted by atomic mass is 9.85. The summed E-state index contributed by atoms with van der Waals surface area (Å²) in [4.78, 5) is 0. The van der Waals surface area contributed by atoms with Gasteiger partial charge in [0.1, 0.15) is 0 Å². The average molecular weight is 235 g/mol. The molecule has 1 heterocycles. The van der Waals surface area contributed by atoms with Crippen LogP contribution in [0.3, 0.4) is 0 Å². The van der Waals surface area contributed by atoms with Crippen molar-refractivity contribution >= 4 is 18.4 Å². The third-order valence-electron chi connectivity index (χ3n) is 3.18. The molecule has 14 heavy (non-hydrogen) atoms. The third-order valence-corrected chi connectivity index (χ3v) is 5.87. The van der Waals surface area contributed by atoms with Gasteiger partial charge in [-0.25, -0.2) is 5.09 Å². The van der Waals surface area contributed by atoms with Crippen molar-refractivity contribution in [1.82, 2.24) is 5.09 Å². The van der Waals surface area contributed by atoms with Crippen molar-refractivity contribution in [3.05, 3.63) is 0 Å². The minimum absolute atomic E-state index is 0.307. The van der Waals surface area contributed by atoms with E-state index in [0.717, 1.165) is 6.54 Å². The van der Waals surface area contributed by atoms with Crippen molar-refractivity contribution in [3.63, 3.8) is 0 Å². The molecular formula is C9H18NO2PS. The predicted molar refractivity (Wildman–Crippen MR) is 60.7 cm³/mol. The second-order valence-corrected chi connectivity index (χ2v) is 7.41. The zero-order valence-corrected chi connectivity index (χ0v) is 10.3. The van der Waals surface area contributed by atoms with Crippen LogP contribution in [0.25, 0.3) is 0 Å². The Morgan fingerprint density at radius 1 is 1.36 bits per heavy atom. The van der Waals surface area contributed by atoms with E-state index in [1.54, 1.807) is 7.11 Å². The Hall–Kier alpha value is 0.530. The summed E-state index contributed by atoms with van der Waals surface area (Å²) in [5, 5.41) is 3.21. The lowest BCUT2D eigenvalue weighted by Crippen LogP contribution is -2.26. The molecule has 1 N–H and O–H groups in total. The number of rotatable bonds is 2. The highest BCUT2D eigenvalue weighted by Gasteiger charge is 2.36. The van der Waals surface area contributed by atoms with Gasteiger partial charge in [0.05, 0.1) is 6.10 Å². The molecule has 0 aromatic heterocycles. The van der Waals surface area contributed by atoms with E-state index in [1.165, 1.54) is 32.1 Å².